The van der Waals surface area contributed by atoms with Gasteiger partial charge in [0.15, 0.2) is 0 Å². The summed E-state index contributed by atoms with van der Waals surface area (Å²) in [6, 6.07) is 9.29. The van der Waals surface area contributed by atoms with Crippen LogP contribution in [0.1, 0.15) is 31.2 Å². The molecule has 1 aromatic rings. The molecule has 106 valence electrons. The van der Waals surface area contributed by atoms with Crippen LogP contribution in [0.25, 0.3) is 0 Å². The van der Waals surface area contributed by atoms with E-state index in [1.807, 2.05) is 0 Å². The van der Waals surface area contributed by atoms with Gasteiger partial charge in [-0.2, -0.15) is 0 Å². The van der Waals surface area contributed by atoms with Gasteiger partial charge >= 0.3 is 0 Å². The highest BCUT2D eigenvalue weighted by atomic mass is 79.9. The summed E-state index contributed by atoms with van der Waals surface area (Å²) in [5, 5.41) is 1.08. The van der Waals surface area contributed by atoms with Crippen molar-refractivity contribution >= 4 is 15.9 Å². The fraction of sp³-hybridized carbons (Fsp3) is 0.625. The van der Waals surface area contributed by atoms with Crippen molar-refractivity contribution in [3.8, 4) is 5.75 Å². The molecular formula is C16H24BrNO. The molecule has 0 radical (unpaired) electrons. The molecule has 2 rings (SSSR count). The van der Waals surface area contributed by atoms with Gasteiger partial charge < -0.3 is 4.74 Å². The summed E-state index contributed by atoms with van der Waals surface area (Å²) < 4.78 is 5.20. The van der Waals surface area contributed by atoms with Gasteiger partial charge in [0.1, 0.15) is 5.75 Å². The first kappa shape index (κ1) is 14.9. The molecule has 0 atom stereocenters. The Kier molecular flexibility index (Phi) is 6.18. The van der Waals surface area contributed by atoms with Crippen molar-refractivity contribution in [2.24, 2.45) is 0 Å². The normalized spacial score (nSPS) is 16.2. The Bertz CT molecular complexity index is 360. The third-order valence-corrected chi connectivity index (χ3v) is 4.41. The summed E-state index contributed by atoms with van der Waals surface area (Å²) in [6.07, 6.45) is 6.72. The molecule has 0 amide bonds. The molecule has 0 saturated heterocycles. The molecule has 0 bridgehead atoms. The minimum atomic E-state index is 0.816. The maximum Gasteiger partial charge on any atom is 0.118 e. The van der Waals surface area contributed by atoms with Crippen molar-refractivity contribution in [3.63, 3.8) is 0 Å². The zero-order valence-electron chi connectivity index (χ0n) is 11.8. The lowest BCUT2D eigenvalue weighted by atomic mass is 10.1. The van der Waals surface area contributed by atoms with E-state index in [-0.39, 0.29) is 0 Å². The van der Waals surface area contributed by atoms with Crippen LogP contribution in [0.2, 0.25) is 0 Å². The van der Waals surface area contributed by atoms with Crippen LogP contribution in [0.15, 0.2) is 24.3 Å². The van der Waals surface area contributed by atoms with E-state index in [1.54, 1.807) is 7.11 Å². The van der Waals surface area contributed by atoms with Crippen molar-refractivity contribution in [3.05, 3.63) is 29.8 Å². The van der Waals surface area contributed by atoms with E-state index in [4.69, 9.17) is 4.74 Å². The molecule has 0 aliphatic heterocycles. The Balaban J connectivity index is 1.86. The van der Waals surface area contributed by atoms with Gasteiger partial charge in [0.25, 0.3) is 0 Å². The average Bonchev–Trinajstić information content (AvgIpc) is 2.98. The molecule has 1 aromatic carbocycles. The van der Waals surface area contributed by atoms with E-state index in [1.165, 1.54) is 44.3 Å². The van der Waals surface area contributed by atoms with Gasteiger partial charge in [0.2, 0.25) is 0 Å². The van der Waals surface area contributed by atoms with E-state index in [9.17, 15) is 0 Å². The number of hydrogen-bond donors (Lipinski definition) is 0. The van der Waals surface area contributed by atoms with E-state index in [2.05, 4.69) is 45.1 Å². The SMILES string of the molecule is COc1ccc(CCN(CCBr)C2CCCC2)cc1. The molecule has 1 aliphatic rings. The molecule has 0 spiro atoms. The van der Waals surface area contributed by atoms with Gasteiger partial charge in [-0.1, -0.05) is 40.9 Å². The van der Waals surface area contributed by atoms with Crippen LogP contribution in [0.4, 0.5) is 0 Å². The summed E-state index contributed by atoms with van der Waals surface area (Å²) in [4.78, 5) is 2.66. The van der Waals surface area contributed by atoms with Crippen LogP contribution in [-0.4, -0.2) is 36.5 Å². The Morgan fingerprint density at radius 3 is 2.42 bits per heavy atom. The molecule has 19 heavy (non-hydrogen) atoms. The highest BCUT2D eigenvalue weighted by Crippen LogP contribution is 2.24. The Labute approximate surface area is 125 Å². The zero-order valence-corrected chi connectivity index (χ0v) is 13.4. The van der Waals surface area contributed by atoms with Gasteiger partial charge in [0.05, 0.1) is 7.11 Å². The van der Waals surface area contributed by atoms with E-state index in [0.29, 0.717) is 0 Å². The lowest BCUT2D eigenvalue weighted by Gasteiger charge is -2.28. The summed E-state index contributed by atoms with van der Waals surface area (Å²) >= 11 is 3.58. The van der Waals surface area contributed by atoms with Crippen molar-refractivity contribution < 1.29 is 4.74 Å². The van der Waals surface area contributed by atoms with Crippen LogP contribution in [-0.2, 0) is 6.42 Å². The molecule has 0 heterocycles. The zero-order chi connectivity index (χ0) is 13.5. The largest absolute Gasteiger partial charge is 0.497 e. The van der Waals surface area contributed by atoms with E-state index in [0.717, 1.165) is 23.5 Å². The fourth-order valence-electron chi connectivity index (χ4n) is 2.92. The average molecular weight is 326 g/mol. The van der Waals surface area contributed by atoms with Crippen molar-refractivity contribution in [2.75, 3.05) is 25.5 Å². The second-order valence-corrected chi connectivity index (χ2v) is 6.05. The minimum Gasteiger partial charge on any atom is -0.497 e. The number of hydrogen-bond acceptors (Lipinski definition) is 2. The van der Waals surface area contributed by atoms with Crippen molar-refractivity contribution in [1.82, 2.24) is 4.90 Å². The first-order chi connectivity index (χ1) is 9.33. The molecule has 0 aromatic heterocycles. The van der Waals surface area contributed by atoms with Gasteiger partial charge in [0, 0.05) is 24.5 Å². The van der Waals surface area contributed by atoms with Gasteiger partial charge in [-0.05, 0) is 37.0 Å². The van der Waals surface area contributed by atoms with Crippen LogP contribution >= 0.6 is 15.9 Å². The van der Waals surface area contributed by atoms with E-state index >= 15 is 0 Å². The number of halogens is 1. The van der Waals surface area contributed by atoms with Crippen molar-refractivity contribution in [2.45, 2.75) is 38.1 Å². The summed E-state index contributed by atoms with van der Waals surface area (Å²) in [5.74, 6) is 0.942. The summed E-state index contributed by atoms with van der Waals surface area (Å²) in [5.41, 5.74) is 1.40. The highest BCUT2D eigenvalue weighted by molar-refractivity contribution is 9.09. The Morgan fingerprint density at radius 2 is 1.84 bits per heavy atom. The second kappa shape index (κ2) is 7.91. The molecule has 0 N–H and O–H groups in total. The first-order valence-corrected chi connectivity index (χ1v) is 8.38. The van der Waals surface area contributed by atoms with Gasteiger partial charge in [-0.15, -0.1) is 0 Å². The fourth-order valence-corrected chi connectivity index (χ4v) is 3.38. The van der Waals surface area contributed by atoms with Crippen LogP contribution in [0.5, 0.6) is 5.75 Å². The first-order valence-electron chi connectivity index (χ1n) is 7.26. The summed E-state index contributed by atoms with van der Waals surface area (Å²) in [6.45, 7) is 2.34. The van der Waals surface area contributed by atoms with Gasteiger partial charge in [-0.25, -0.2) is 0 Å². The Morgan fingerprint density at radius 1 is 1.16 bits per heavy atom. The third kappa shape index (κ3) is 4.50. The quantitative estimate of drug-likeness (QED) is 0.705. The number of benzene rings is 1. The number of methoxy groups -OCH3 is 1. The molecule has 1 saturated carbocycles. The predicted molar refractivity (Wildman–Crippen MR) is 84.3 cm³/mol. The topological polar surface area (TPSA) is 12.5 Å². The molecule has 1 aliphatic carbocycles. The lowest BCUT2D eigenvalue weighted by Crippen LogP contribution is -2.36. The maximum atomic E-state index is 5.20. The van der Waals surface area contributed by atoms with Crippen LogP contribution in [0, 0.1) is 0 Å². The van der Waals surface area contributed by atoms with E-state index < -0.39 is 0 Å². The molecule has 0 unspecified atom stereocenters. The monoisotopic (exact) mass is 325 g/mol. The smallest absolute Gasteiger partial charge is 0.118 e. The molecular weight excluding hydrogens is 302 g/mol. The standard InChI is InChI=1S/C16H24BrNO/c1-19-16-8-6-14(7-9-16)10-12-18(13-11-17)15-4-2-3-5-15/h6-9,15H,2-5,10-13H2,1H3. The maximum absolute atomic E-state index is 5.20. The lowest BCUT2D eigenvalue weighted by molar-refractivity contribution is 0.214. The molecule has 2 nitrogen and oxygen atoms in total. The Hall–Kier alpha value is -0.540. The third-order valence-electron chi connectivity index (χ3n) is 4.06. The molecule has 3 heteroatoms. The van der Waals surface area contributed by atoms with Crippen molar-refractivity contribution in [1.29, 1.82) is 0 Å². The van der Waals surface area contributed by atoms with Crippen LogP contribution < -0.4 is 4.74 Å². The van der Waals surface area contributed by atoms with Gasteiger partial charge in [-0.3, -0.25) is 4.90 Å². The van der Waals surface area contributed by atoms with Crippen LogP contribution in [0.3, 0.4) is 0 Å². The number of nitrogens with zero attached hydrogens (tertiary/aromatic N) is 1. The highest BCUT2D eigenvalue weighted by Gasteiger charge is 2.21. The molecule has 1 fully saturated rings. The number of rotatable bonds is 7. The summed E-state index contributed by atoms with van der Waals surface area (Å²) in [7, 11) is 1.72. The minimum absolute atomic E-state index is 0.816. The predicted octanol–water partition coefficient (Wildman–Crippen LogP) is 3.88. The second-order valence-electron chi connectivity index (χ2n) is 5.26. The number of ether oxygens (including phenoxy) is 1. The number of alkyl halides is 1.